The molecule has 1 amide bonds. The standard InChI is InChI=1S/C14H14N2O4S/c1-16(11-7-3-2-4-8-11)14(17)20-12-9-5-6-10-13(12)21(15,18)19/h2-10H,1H3,(H2,15,18,19). The summed E-state index contributed by atoms with van der Waals surface area (Å²) in [7, 11) is -2.44. The predicted molar refractivity (Wildman–Crippen MR) is 78.7 cm³/mol. The second-order valence-corrected chi connectivity index (χ2v) is 5.78. The predicted octanol–water partition coefficient (Wildman–Crippen LogP) is 1.97. The van der Waals surface area contributed by atoms with Crippen molar-refractivity contribution in [2.45, 2.75) is 4.90 Å². The van der Waals surface area contributed by atoms with Crippen molar-refractivity contribution >= 4 is 21.8 Å². The molecular formula is C14H14N2O4S. The minimum Gasteiger partial charge on any atom is -0.409 e. The number of hydrogen-bond acceptors (Lipinski definition) is 4. The van der Waals surface area contributed by atoms with Gasteiger partial charge in [0.15, 0.2) is 5.75 Å². The maximum absolute atomic E-state index is 12.1. The van der Waals surface area contributed by atoms with Crippen molar-refractivity contribution in [3.63, 3.8) is 0 Å². The normalized spacial score (nSPS) is 11.0. The highest BCUT2D eigenvalue weighted by Crippen LogP contribution is 2.23. The van der Waals surface area contributed by atoms with E-state index < -0.39 is 16.1 Å². The van der Waals surface area contributed by atoms with Gasteiger partial charge in [-0.25, -0.2) is 18.4 Å². The fraction of sp³-hybridized carbons (Fsp3) is 0.0714. The van der Waals surface area contributed by atoms with Crippen molar-refractivity contribution in [1.29, 1.82) is 0 Å². The molecule has 0 fully saturated rings. The Bertz CT molecular complexity index is 745. The molecule has 0 heterocycles. The number of nitrogens with two attached hydrogens (primary N) is 1. The zero-order valence-electron chi connectivity index (χ0n) is 11.3. The zero-order valence-corrected chi connectivity index (χ0v) is 12.1. The first kappa shape index (κ1) is 15.0. The summed E-state index contributed by atoms with van der Waals surface area (Å²) in [5.41, 5.74) is 0.621. The molecule has 0 saturated heterocycles. The Labute approximate surface area is 122 Å². The van der Waals surface area contributed by atoms with Crippen LogP contribution in [0.1, 0.15) is 0 Å². The van der Waals surface area contributed by atoms with E-state index in [0.717, 1.165) is 0 Å². The van der Waals surface area contributed by atoms with Crippen LogP contribution >= 0.6 is 0 Å². The molecule has 0 saturated carbocycles. The number of para-hydroxylation sites is 2. The number of benzene rings is 2. The van der Waals surface area contributed by atoms with Crippen molar-refractivity contribution in [2.24, 2.45) is 5.14 Å². The molecule has 0 spiro atoms. The fourth-order valence-electron chi connectivity index (χ4n) is 1.69. The molecule has 0 aliphatic rings. The number of rotatable bonds is 3. The first-order valence-corrected chi connectivity index (χ1v) is 7.56. The van der Waals surface area contributed by atoms with Gasteiger partial charge in [-0.1, -0.05) is 30.3 Å². The van der Waals surface area contributed by atoms with Crippen LogP contribution in [0.15, 0.2) is 59.5 Å². The van der Waals surface area contributed by atoms with E-state index >= 15 is 0 Å². The topological polar surface area (TPSA) is 89.7 Å². The summed E-state index contributed by atoms with van der Waals surface area (Å²) in [6.07, 6.45) is -0.711. The van der Waals surface area contributed by atoms with Crippen LogP contribution in [0.2, 0.25) is 0 Å². The van der Waals surface area contributed by atoms with Crippen molar-refractivity contribution in [1.82, 2.24) is 0 Å². The summed E-state index contributed by atoms with van der Waals surface area (Å²) in [6, 6.07) is 14.5. The molecule has 2 aromatic rings. The Hall–Kier alpha value is -2.38. The number of sulfonamides is 1. The monoisotopic (exact) mass is 306 g/mol. The van der Waals surface area contributed by atoms with Gasteiger partial charge in [-0.15, -0.1) is 0 Å². The molecule has 0 aromatic heterocycles. The molecule has 0 aliphatic heterocycles. The lowest BCUT2D eigenvalue weighted by Crippen LogP contribution is -2.30. The molecule has 6 nitrogen and oxygen atoms in total. The van der Waals surface area contributed by atoms with Gasteiger partial charge in [0.05, 0.1) is 0 Å². The quantitative estimate of drug-likeness (QED) is 0.938. The maximum Gasteiger partial charge on any atom is 0.419 e. The van der Waals surface area contributed by atoms with Crippen molar-refractivity contribution < 1.29 is 17.9 Å². The molecule has 110 valence electrons. The van der Waals surface area contributed by atoms with Gasteiger partial charge in [0.1, 0.15) is 4.90 Å². The second kappa shape index (κ2) is 5.94. The number of anilines is 1. The molecule has 2 aromatic carbocycles. The molecule has 0 unspecified atom stereocenters. The molecule has 2 N–H and O–H groups in total. The van der Waals surface area contributed by atoms with Crippen LogP contribution in [0.25, 0.3) is 0 Å². The Morgan fingerprint density at radius 2 is 1.62 bits per heavy atom. The van der Waals surface area contributed by atoms with Gasteiger partial charge in [0.2, 0.25) is 10.0 Å². The maximum atomic E-state index is 12.1. The summed E-state index contributed by atoms with van der Waals surface area (Å²) >= 11 is 0. The van der Waals surface area contributed by atoms with Crippen LogP contribution in [-0.2, 0) is 10.0 Å². The molecule has 7 heteroatoms. The third kappa shape index (κ3) is 3.59. The van der Waals surface area contributed by atoms with Crippen molar-refractivity contribution in [3.8, 4) is 5.75 Å². The number of ether oxygens (including phenoxy) is 1. The minimum atomic E-state index is -3.97. The van der Waals surface area contributed by atoms with Crippen LogP contribution in [0.3, 0.4) is 0 Å². The lowest BCUT2D eigenvalue weighted by Gasteiger charge is -2.17. The fourth-order valence-corrected chi connectivity index (χ4v) is 2.35. The van der Waals surface area contributed by atoms with E-state index in [1.54, 1.807) is 30.3 Å². The van der Waals surface area contributed by atoms with Crippen LogP contribution in [0, 0.1) is 0 Å². The number of nitrogens with zero attached hydrogens (tertiary/aromatic N) is 1. The van der Waals surface area contributed by atoms with Gasteiger partial charge in [0.25, 0.3) is 0 Å². The third-order valence-electron chi connectivity index (χ3n) is 2.77. The number of primary sulfonamides is 1. The summed E-state index contributed by atoms with van der Waals surface area (Å²) in [5.74, 6) is -0.104. The average Bonchev–Trinajstić information content (AvgIpc) is 2.47. The zero-order chi connectivity index (χ0) is 15.5. The molecule has 0 atom stereocenters. The number of amides is 1. The lowest BCUT2D eigenvalue weighted by atomic mass is 10.3. The number of hydrogen-bond donors (Lipinski definition) is 1. The summed E-state index contributed by atoms with van der Waals surface area (Å²) in [4.78, 5) is 13.1. The molecule has 21 heavy (non-hydrogen) atoms. The van der Waals surface area contributed by atoms with E-state index in [0.29, 0.717) is 5.69 Å². The summed E-state index contributed by atoms with van der Waals surface area (Å²) in [6.45, 7) is 0. The molecular weight excluding hydrogens is 292 g/mol. The van der Waals surface area contributed by atoms with Gasteiger partial charge >= 0.3 is 6.09 Å². The van der Waals surface area contributed by atoms with Crippen LogP contribution in [-0.4, -0.2) is 21.6 Å². The number of carbonyl (C=O) groups excluding carboxylic acids is 1. The molecule has 0 bridgehead atoms. The molecule has 0 radical (unpaired) electrons. The van der Waals surface area contributed by atoms with Crippen LogP contribution in [0.4, 0.5) is 10.5 Å². The van der Waals surface area contributed by atoms with Gasteiger partial charge in [-0.2, -0.15) is 0 Å². The van der Waals surface area contributed by atoms with Crippen molar-refractivity contribution in [3.05, 3.63) is 54.6 Å². The Morgan fingerprint density at radius 1 is 1.05 bits per heavy atom. The van der Waals surface area contributed by atoms with Gasteiger partial charge in [-0.3, -0.25) is 4.90 Å². The van der Waals surface area contributed by atoms with Crippen LogP contribution < -0.4 is 14.8 Å². The van der Waals surface area contributed by atoms with Gasteiger partial charge in [-0.05, 0) is 24.3 Å². The van der Waals surface area contributed by atoms with Gasteiger partial charge < -0.3 is 4.74 Å². The van der Waals surface area contributed by atoms with Gasteiger partial charge in [0, 0.05) is 12.7 Å². The van der Waals surface area contributed by atoms with Crippen molar-refractivity contribution in [2.75, 3.05) is 11.9 Å². The SMILES string of the molecule is CN(C(=O)Oc1ccccc1S(N)(=O)=O)c1ccccc1. The van der Waals surface area contributed by atoms with E-state index in [-0.39, 0.29) is 10.6 Å². The Balaban J connectivity index is 2.25. The smallest absolute Gasteiger partial charge is 0.409 e. The highest BCUT2D eigenvalue weighted by atomic mass is 32.2. The summed E-state index contributed by atoms with van der Waals surface area (Å²) < 4.78 is 28.0. The largest absolute Gasteiger partial charge is 0.419 e. The lowest BCUT2D eigenvalue weighted by molar-refractivity contribution is 0.208. The van der Waals surface area contributed by atoms with Crippen LogP contribution in [0.5, 0.6) is 5.75 Å². The van der Waals surface area contributed by atoms with E-state index in [9.17, 15) is 13.2 Å². The highest BCUT2D eigenvalue weighted by molar-refractivity contribution is 7.89. The summed E-state index contributed by atoms with van der Waals surface area (Å²) in [5, 5.41) is 5.09. The van der Waals surface area contributed by atoms with E-state index in [2.05, 4.69) is 0 Å². The first-order chi connectivity index (χ1) is 9.89. The van der Waals surface area contributed by atoms with E-state index in [1.807, 2.05) is 6.07 Å². The third-order valence-corrected chi connectivity index (χ3v) is 3.72. The van der Waals surface area contributed by atoms with E-state index in [4.69, 9.17) is 9.88 Å². The molecule has 2 rings (SSSR count). The average molecular weight is 306 g/mol. The Morgan fingerprint density at radius 3 is 2.24 bits per heavy atom. The second-order valence-electron chi connectivity index (χ2n) is 4.25. The first-order valence-electron chi connectivity index (χ1n) is 6.02. The highest BCUT2D eigenvalue weighted by Gasteiger charge is 2.19. The minimum absolute atomic E-state index is 0.104. The Kier molecular flexibility index (Phi) is 4.25. The number of carbonyl (C=O) groups is 1. The van der Waals surface area contributed by atoms with E-state index in [1.165, 1.54) is 30.1 Å². The molecule has 0 aliphatic carbocycles.